The van der Waals surface area contributed by atoms with Crippen LogP contribution in [-0.4, -0.2) is 28.6 Å². The first-order valence-corrected chi connectivity index (χ1v) is 6.26. The number of hydrogen-bond acceptors (Lipinski definition) is 3. The zero-order chi connectivity index (χ0) is 14.3. The SMILES string of the molecule is CC(CCCNC(=O)Cc1ccc(O)cc1)C(=O)O. The van der Waals surface area contributed by atoms with Gasteiger partial charge in [0.05, 0.1) is 12.3 Å². The predicted octanol–water partition coefficient (Wildman–Crippen LogP) is 1.55. The molecule has 5 heteroatoms. The third kappa shape index (κ3) is 5.90. The third-order valence-electron chi connectivity index (χ3n) is 2.86. The molecule has 0 heterocycles. The van der Waals surface area contributed by atoms with E-state index in [1.165, 1.54) is 12.1 Å². The van der Waals surface area contributed by atoms with Gasteiger partial charge in [0, 0.05) is 6.54 Å². The van der Waals surface area contributed by atoms with Crippen molar-refractivity contribution in [1.82, 2.24) is 5.32 Å². The van der Waals surface area contributed by atoms with Gasteiger partial charge in [-0.3, -0.25) is 9.59 Å². The van der Waals surface area contributed by atoms with Crippen LogP contribution < -0.4 is 5.32 Å². The molecule has 0 saturated heterocycles. The summed E-state index contributed by atoms with van der Waals surface area (Å²) in [5, 5.41) is 20.6. The summed E-state index contributed by atoms with van der Waals surface area (Å²) in [6.07, 6.45) is 1.46. The van der Waals surface area contributed by atoms with Gasteiger partial charge in [-0.25, -0.2) is 0 Å². The number of carbonyl (C=O) groups excluding carboxylic acids is 1. The Morgan fingerprint density at radius 3 is 2.47 bits per heavy atom. The Balaban J connectivity index is 2.21. The van der Waals surface area contributed by atoms with E-state index in [-0.39, 0.29) is 24.0 Å². The molecule has 0 saturated carbocycles. The zero-order valence-corrected chi connectivity index (χ0v) is 10.9. The van der Waals surface area contributed by atoms with Crippen molar-refractivity contribution in [3.63, 3.8) is 0 Å². The monoisotopic (exact) mass is 265 g/mol. The van der Waals surface area contributed by atoms with E-state index >= 15 is 0 Å². The molecule has 19 heavy (non-hydrogen) atoms. The lowest BCUT2D eigenvalue weighted by Crippen LogP contribution is -2.26. The van der Waals surface area contributed by atoms with Gasteiger partial charge in [0.1, 0.15) is 5.75 Å². The van der Waals surface area contributed by atoms with Crippen LogP contribution in [0.4, 0.5) is 0 Å². The van der Waals surface area contributed by atoms with Crippen LogP contribution in [0.3, 0.4) is 0 Å². The zero-order valence-electron chi connectivity index (χ0n) is 10.9. The molecule has 0 aliphatic rings. The minimum absolute atomic E-state index is 0.103. The van der Waals surface area contributed by atoms with Gasteiger partial charge in [0.15, 0.2) is 0 Å². The number of carboxylic acids is 1. The Hall–Kier alpha value is -2.04. The molecule has 1 atom stereocenters. The van der Waals surface area contributed by atoms with E-state index in [0.29, 0.717) is 19.4 Å². The summed E-state index contributed by atoms with van der Waals surface area (Å²) in [7, 11) is 0. The predicted molar refractivity (Wildman–Crippen MR) is 70.9 cm³/mol. The highest BCUT2D eigenvalue weighted by atomic mass is 16.4. The summed E-state index contributed by atoms with van der Waals surface area (Å²) >= 11 is 0. The summed E-state index contributed by atoms with van der Waals surface area (Å²) in [5.74, 6) is -1.12. The number of phenolic OH excluding ortho intramolecular Hbond substituents is 1. The van der Waals surface area contributed by atoms with Crippen molar-refractivity contribution in [3.8, 4) is 5.75 Å². The van der Waals surface area contributed by atoms with Gasteiger partial charge >= 0.3 is 5.97 Å². The first-order chi connectivity index (χ1) is 8.99. The van der Waals surface area contributed by atoms with E-state index in [1.54, 1.807) is 19.1 Å². The number of carbonyl (C=O) groups is 2. The average molecular weight is 265 g/mol. The van der Waals surface area contributed by atoms with Crippen molar-refractivity contribution < 1.29 is 19.8 Å². The number of benzene rings is 1. The lowest BCUT2D eigenvalue weighted by Gasteiger charge is -2.07. The highest BCUT2D eigenvalue weighted by Gasteiger charge is 2.10. The fourth-order valence-electron chi connectivity index (χ4n) is 1.62. The molecule has 0 radical (unpaired) electrons. The Morgan fingerprint density at radius 1 is 1.26 bits per heavy atom. The molecule has 1 amide bonds. The summed E-state index contributed by atoms with van der Waals surface area (Å²) in [4.78, 5) is 22.2. The molecule has 1 unspecified atom stereocenters. The van der Waals surface area contributed by atoms with Crippen LogP contribution >= 0.6 is 0 Å². The molecule has 3 N–H and O–H groups in total. The van der Waals surface area contributed by atoms with Crippen molar-refractivity contribution in [2.75, 3.05) is 6.54 Å². The number of amides is 1. The number of carboxylic acid groups (broad SMARTS) is 1. The van der Waals surface area contributed by atoms with E-state index in [1.807, 2.05) is 0 Å². The van der Waals surface area contributed by atoms with E-state index in [4.69, 9.17) is 10.2 Å². The normalized spacial score (nSPS) is 11.8. The molecule has 1 aromatic rings. The van der Waals surface area contributed by atoms with Crippen molar-refractivity contribution in [2.45, 2.75) is 26.2 Å². The second-order valence-electron chi connectivity index (χ2n) is 4.57. The molecule has 0 fully saturated rings. The summed E-state index contributed by atoms with van der Waals surface area (Å²) in [5.41, 5.74) is 0.828. The minimum Gasteiger partial charge on any atom is -0.508 e. The number of phenols is 1. The lowest BCUT2D eigenvalue weighted by molar-refractivity contribution is -0.141. The fraction of sp³-hybridized carbons (Fsp3) is 0.429. The molecule has 0 aliphatic heterocycles. The van der Waals surface area contributed by atoms with E-state index in [2.05, 4.69) is 5.32 Å². The van der Waals surface area contributed by atoms with E-state index in [9.17, 15) is 9.59 Å². The molecular formula is C14H19NO4. The van der Waals surface area contributed by atoms with Crippen molar-refractivity contribution >= 4 is 11.9 Å². The standard InChI is InChI=1S/C14H19NO4/c1-10(14(18)19)3-2-8-15-13(17)9-11-4-6-12(16)7-5-11/h4-7,10,16H,2-3,8-9H2,1H3,(H,15,17)(H,18,19). The highest BCUT2D eigenvalue weighted by molar-refractivity contribution is 5.78. The number of hydrogen-bond donors (Lipinski definition) is 3. The quantitative estimate of drug-likeness (QED) is 0.653. The van der Waals surface area contributed by atoms with Crippen molar-refractivity contribution in [2.24, 2.45) is 5.92 Å². The number of aromatic hydroxyl groups is 1. The summed E-state index contributed by atoms with van der Waals surface area (Å²) in [6, 6.07) is 6.47. The molecule has 5 nitrogen and oxygen atoms in total. The lowest BCUT2D eigenvalue weighted by atomic mass is 10.1. The Kier molecular flexibility index (Phi) is 5.85. The number of rotatable bonds is 7. The smallest absolute Gasteiger partial charge is 0.306 e. The molecule has 1 rings (SSSR count). The molecule has 104 valence electrons. The number of nitrogens with one attached hydrogen (secondary N) is 1. The first-order valence-electron chi connectivity index (χ1n) is 6.26. The van der Waals surface area contributed by atoms with Crippen LogP contribution in [0.5, 0.6) is 5.75 Å². The molecule has 0 bridgehead atoms. The Morgan fingerprint density at radius 2 is 1.89 bits per heavy atom. The van der Waals surface area contributed by atoms with Crippen LogP contribution in [-0.2, 0) is 16.0 Å². The van der Waals surface area contributed by atoms with Crippen molar-refractivity contribution in [1.29, 1.82) is 0 Å². The van der Waals surface area contributed by atoms with Gasteiger partial charge in [-0.2, -0.15) is 0 Å². The third-order valence-corrected chi connectivity index (χ3v) is 2.86. The molecule has 0 aliphatic carbocycles. The molecule has 0 aromatic heterocycles. The van der Waals surface area contributed by atoms with Gasteiger partial charge in [0.25, 0.3) is 0 Å². The van der Waals surface area contributed by atoms with Crippen LogP contribution in [0.15, 0.2) is 24.3 Å². The molecule has 1 aromatic carbocycles. The van der Waals surface area contributed by atoms with Gasteiger partial charge in [-0.1, -0.05) is 19.1 Å². The minimum atomic E-state index is -0.810. The average Bonchev–Trinajstić information content (AvgIpc) is 2.37. The maximum absolute atomic E-state index is 11.6. The molecule has 0 spiro atoms. The maximum atomic E-state index is 11.6. The Bertz CT molecular complexity index is 428. The van der Waals surface area contributed by atoms with Crippen LogP contribution in [0, 0.1) is 5.92 Å². The van der Waals surface area contributed by atoms with Crippen LogP contribution in [0.2, 0.25) is 0 Å². The maximum Gasteiger partial charge on any atom is 0.306 e. The van der Waals surface area contributed by atoms with Crippen LogP contribution in [0.25, 0.3) is 0 Å². The van der Waals surface area contributed by atoms with Crippen LogP contribution in [0.1, 0.15) is 25.3 Å². The molecular weight excluding hydrogens is 246 g/mol. The Labute approximate surface area is 112 Å². The van der Waals surface area contributed by atoms with E-state index in [0.717, 1.165) is 5.56 Å². The van der Waals surface area contributed by atoms with Gasteiger partial charge in [0.2, 0.25) is 5.91 Å². The largest absolute Gasteiger partial charge is 0.508 e. The topological polar surface area (TPSA) is 86.6 Å². The van der Waals surface area contributed by atoms with Gasteiger partial charge < -0.3 is 15.5 Å². The first kappa shape index (κ1) is 15.0. The fourth-order valence-corrected chi connectivity index (χ4v) is 1.62. The number of aliphatic carboxylic acids is 1. The van der Waals surface area contributed by atoms with Gasteiger partial charge in [-0.05, 0) is 30.5 Å². The summed E-state index contributed by atoms with van der Waals surface area (Å²) < 4.78 is 0. The van der Waals surface area contributed by atoms with E-state index < -0.39 is 5.97 Å². The second kappa shape index (κ2) is 7.41. The van der Waals surface area contributed by atoms with Gasteiger partial charge in [-0.15, -0.1) is 0 Å². The second-order valence-corrected chi connectivity index (χ2v) is 4.57. The highest BCUT2D eigenvalue weighted by Crippen LogP contribution is 2.10. The van der Waals surface area contributed by atoms with Crippen molar-refractivity contribution in [3.05, 3.63) is 29.8 Å². The summed E-state index contributed by atoms with van der Waals surface area (Å²) in [6.45, 7) is 2.13.